The van der Waals surface area contributed by atoms with Crippen LogP contribution in [-0.4, -0.2) is 58.1 Å². The van der Waals surface area contributed by atoms with Crippen molar-refractivity contribution < 1.29 is 22.7 Å². The van der Waals surface area contributed by atoms with E-state index in [1.54, 1.807) is 12.1 Å². The highest BCUT2D eigenvalue weighted by atomic mass is 32.2. The standard InChI is InChI=1S/C19H30N2O5S/c1-15(2)26-13-5-11-20-19(22)16-6-4-12-21(14-16)27(23,24)18-9-7-17(25-3)8-10-18/h7-10,15-16H,4-6,11-14H2,1-3H3,(H,20,22)/t16-/m0/s1. The van der Waals surface area contributed by atoms with Crippen LogP contribution >= 0.6 is 0 Å². The summed E-state index contributed by atoms with van der Waals surface area (Å²) in [4.78, 5) is 12.6. The quantitative estimate of drug-likeness (QED) is 0.644. The summed E-state index contributed by atoms with van der Waals surface area (Å²) >= 11 is 0. The van der Waals surface area contributed by atoms with Gasteiger partial charge in [-0.05, 0) is 57.4 Å². The van der Waals surface area contributed by atoms with E-state index in [2.05, 4.69) is 5.32 Å². The molecule has 0 unspecified atom stereocenters. The molecule has 1 heterocycles. The summed E-state index contributed by atoms with van der Waals surface area (Å²) in [5, 5.41) is 2.90. The van der Waals surface area contributed by atoms with Crippen molar-refractivity contribution in [1.29, 1.82) is 0 Å². The van der Waals surface area contributed by atoms with Crippen molar-refractivity contribution in [2.75, 3.05) is 33.4 Å². The molecule has 1 atom stereocenters. The zero-order valence-corrected chi connectivity index (χ0v) is 17.1. The molecule has 0 saturated carbocycles. The molecule has 1 fully saturated rings. The molecule has 0 radical (unpaired) electrons. The third-order valence-electron chi connectivity index (χ3n) is 4.52. The van der Waals surface area contributed by atoms with Crippen LogP contribution in [-0.2, 0) is 19.6 Å². The number of sulfonamides is 1. The first-order valence-electron chi connectivity index (χ1n) is 9.38. The molecule has 1 amide bonds. The average molecular weight is 399 g/mol. The molecular formula is C19H30N2O5S. The fraction of sp³-hybridized carbons (Fsp3) is 0.632. The highest BCUT2D eigenvalue weighted by Gasteiger charge is 2.33. The van der Waals surface area contributed by atoms with E-state index in [1.165, 1.54) is 23.5 Å². The van der Waals surface area contributed by atoms with Crippen LogP contribution < -0.4 is 10.1 Å². The Balaban J connectivity index is 1.91. The van der Waals surface area contributed by atoms with Gasteiger partial charge in [-0.15, -0.1) is 0 Å². The summed E-state index contributed by atoms with van der Waals surface area (Å²) in [6.07, 6.45) is 2.29. The molecule has 27 heavy (non-hydrogen) atoms. The van der Waals surface area contributed by atoms with Crippen LogP contribution in [0.25, 0.3) is 0 Å². The second-order valence-corrected chi connectivity index (χ2v) is 8.88. The molecule has 2 rings (SSSR count). The van der Waals surface area contributed by atoms with Gasteiger partial charge in [-0.2, -0.15) is 4.31 Å². The van der Waals surface area contributed by atoms with Gasteiger partial charge in [0.05, 0.1) is 24.0 Å². The minimum Gasteiger partial charge on any atom is -0.497 e. The van der Waals surface area contributed by atoms with E-state index in [4.69, 9.17) is 9.47 Å². The SMILES string of the molecule is COc1ccc(S(=O)(=O)N2CCC[C@H](C(=O)NCCCOC(C)C)C2)cc1. The number of nitrogens with one attached hydrogen (secondary N) is 1. The summed E-state index contributed by atoms with van der Waals surface area (Å²) in [6, 6.07) is 6.32. The predicted octanol–water partition coefficient (Wildman–Crippen LogP) is 2.03. The van der Waals surface area contributed by atoms with Gasteiger partial charge in [-0.1, -0.05) is 0 Å². The second-order valence-electron chi connectivity index (χ2n) is 6.94. The molecule has 0 aliphatic carbocycles. The Hall–Kier alpha value is -1.64. The number of carbonyl (C=O) groups is 1. The van der Waals surface area contributed by atoms with Gasteiger partial charge in [0.1, 0.15) is 5.75 Å². The van der Waals surface area contributed by atoms with Crippen molar-refractivity contribution in [2.45, 2.75) is 44.1 Å². The third kappa shape index (κ3) is 6.19. The van der Waals surface area contributed by atoms with Crippen LogP contribution in [0.5, 0.6) is 5.75 Å². The highest BCUT2D eigenvalue weighted by molar-refractivity contribution is 7.89. The summed E-state index contributed by atoms with van der Waals surface area (Å²) in [5.41, 5.74) is 0. The van der Waals surface area contributed by atoms with E-state index in [-0.39, 0.29) is 29.4 Å². The maximum absolute atomic E-state index is 12.9. The van der Waals surface area contributed by atoms with Crippen LogP contribution in [0.4, 0.5) is 0 Å². The van der Waals surface area contributed by atoms with Gasteiger partial charge < -0.3 is 14.8 Å². The molecular weight excluding hydrogens is 368 g/mol. The predicted molar refractivity (Wildman–Crippen MR) is 103 cm³/mol. The third-order valence-corrected chi connectivity index (χ3v) is 6.40. The lowest BCUT2D eigenvalue weighted by Gasteiger charge is -2.31. The fourth-order valence-electron chi connectivity index (χ4n) is 3.02. The van der Waals surface area contributed by atoms with E-state index < -0.39 is 10.0 Å². The molecule has 0 bridgehead atoms. The summed E-state index contributed by atoms with van der Waals surface area (Å²) in [5.74, 6) is 0.193. The maximum atomic E-state index is 12.9. The van der Waals surface area contributed by atoms with Crippen LogP contribution in [0.15, 0.2) is 29.2 Å². The van der Waals surface area contributed by atoms with Crippen molar-refractivity contribution in [3.05, 3.63) is 24.3 Å². The van der Waals surface area contributed by atoms with Gasteiger partial charge in [-0.3, -0.25) is 4.79 Å². The molecule has 8 heteroatoms. The second kappa shape index (κ2) is 10.1. The smallest absolute Gasteiger partial charge is 0.243 e. The lowest BCUT2D eigenvalue weighted by molar-refractivity contribution is -0.126. The van der Waals surface area contributed by atoms with Crippen molar-refractivity contribution in [3.8, 4) is 5.75 Å². The number of hydrogen-bond acceptors (Lipinski definition) is 5. The van der Waals surface area contributed by atoms with Crippen LogP contribution in [0.1, 0.15) is 33.1 Å². The van der Waals surface area contributed by atoms with E-state index in [1.807, 2.05) is 13.8 Å². The number of nitrogens with zero attached hydrogens (tertiary/aromatic N) is 1. The van der Waals surface area contributed by atoms with Crippen molar-refractivity contribution in [3.63, 3.8) is 0 Å². The number of ether oxygens (including phenoxy) is 2. The first-order chi connectivity index (χ1) is 12.8. The Morgan fingerprint density at radius 2 is 2.00 bits per heavy atom. The van der Waals surface area contributed by atoms with Gasteiger partial charge >= 0.3 is 0 Å². The first kappa shape index (κ1) is 21.7. The zero-order valence-electron chi connectivity index (χ0n) is 16.3. The number of piperidine rings is 1. The molecule has 0 aromatic heterocycles. The number of hydrogen-bond donors (Lipinski definition) is 1. The van der Waals surface area contributed by atoms with Gasteiger partial charge in [-0.25, -0.2) is 8.42 Å². The minimum absolute atomic E-state index is 0.0887. The maximum Gasteiger partial charge on any atom is 0.243 e. The minimum atomic E-state index is -3.61. The molecule has 0 spiro atoms. The number of carbonyl (C=O) groups excluding carboxylic acids is 1. The van der Waals surface area contributed by atoms with Crippen molar-refractivity contribution >= 4 is 15.9 Å². The first-order valence-corrected chi connectivity index (χ1v) is 10.8. The number of amides is 1. The molecule has 7 nitrogen and oxygen atoms in total. The highest BCUT2D eigenvalue weighted by Crippen LogP contribution is 2.25. The molecule has 1 aromatic rings. The van der Waals surface area contributed by atoms with E-state index in [0.29, 0.717) is 38.3 Å². The Bertz CT molecular complexity index is 703. The topological polar surface area (TPSA) is 84.9 Å². The average Bonchev–Trinajstić information content (AvgIpc) is 2.67. The molecule has 1 aliphatic heterocycles. The van der Waals surface area contributed by atoms with Crippen LogP contribution in [0, 0.1) is 5.92 Å². The molecule has 1 saturated heterocycles. The van der Waals surface area contributed by atoms with Gasteiger partial charge in [0.25, 0.3) is 0 Å². The largest absolute Gasteiger partial charge is 0.497 e. The molecule has 152 valence electrons. The van der Waals surface area contributed by atoms with E-state index in [0.717, 1.165) is 6.42 Å². The summed E-state index contributed by atoms with van der Waals surface area (Å²) in [6.45, 7) is 5.72. The summed E-state index contributed by atoms with van der Waals surface area (Å²) < 4.78 is 37.6. The van der Waals surface area contributed by atoms with Gasteiger partial charge in [0.15, 0.2) is 0 Å². The van der Waals surface area contributed by atoms with Crippen LogP contribution in [0.2, 0.25) is 0 Å². The van der Waals surface area contributed by atoms with Gasteiger partial charge in [0.2, 0.25) is 15.9 Å². The van der Waals surface area contributed by atoms with E-state index in [9.17, 15) is 13.2 Å². The number of methoxy groups -OCH3 is 1. The molecule has 1 aliphatic rings. The Kier molecular flexibility index (Phi) is 8.07. The van der Waals surface area contributed by atoms with Gasteiger partial charge in [0, 0.05) is 26.2 Å². The fourth-order valence-corrected chi connectivity index (χ4v) is 4.54. The monoisotopic (exact) mass is 398 g/mol. The van der Waals surface area contributed by atoms with E-state index >= 15 is 0 Å². The normalized spacial score (nSPS) is 18.4. The summed E-state index contributed by atoms with van der Waals surface area (Å²) in [7, 11) is -2.08. The number of rotatable bonds is 9. The number of benzene rings is 1. The lowest BCUT2D eigenvalue weighted by atomic mass is 9.99. The van der Waals surface area contributed by atoms with Crippen LogP contribution in [0.3, 0.4) is 0 Å². The molecule has 1 N–H and O–H groups in total. The Morgan fingerprint density at radius 3 is 2.63 bits per heavy atom. The Morgan fingerprint density at radius 1 is 1.30 bits per heavy atom. The van der Waals surface area contributed by atoms with Crippen molar-refractivity contribution in [1.82, 2.24) is 9.62 Å². The molecule has 1 aromatic carbocycles. The lowest BCUT2D eigenvalue weighted by Crippen LogP contribution is -2.45. The Labute approximate surface area is 162 Å². The van der Waals surface area contributed by atoms with Crippen molar-refractivity contribution in [2.24, 2.45) is 5.92 Å². The zero-order chi connectivity index (χ0) is 19.9.